The maximum Gasteiger partial charge on any atom is 0.323 e. The zero-order chi connectivity index (χ0) is 25.1. The van der Waals surface area contributed by atoms with Gasteiger partial charge in [-0.15, -0.1) is 0 Å². The van der Waals surface area contributed by atoms with Crippen LogP contribution in [-0.2, 0) is 14.3 Å². The molecule has 10 heteroatoms. The van der Waals surface area contributed by atoms with E-state index >= 15 is 0 Å². The zero-order valence-corrected chi connectivity index (χ0v) is 20.1. The smallest absolute Gasteiger partial charge is 0.323 e. The fourth-order valence-electron chi connectivity index (χ4n) is 5.07. The first-order chi connectivity index (χ1) is 17.5. The van der Waals surface area contributed by atoms with Gasteiger partial charge in [0, 0.05) is 35.9 Å². The maximum atomic E-state index is 12.8. The molecule has 3 aliphatic rings. The minimum atomic E-state index is -0.534. The summed E-state index contributed by atoms with van der Waals surface area (Å²) in [6, 6.07) is 12.2. The second kappa shape index (κ2) is 10.7. The lowest BCUT2D eigenvalue weighted by atomic mass is 9.84. The average Bonchev–Trinajstić information content (AvgIpc) is 3.27. The molecule has 3 aliphatic heterocycles. The first-order valence-electron chi connectivity index (χ1n) is 12.2. The van der Waals surface area contributed by atoms with Gasteiger partial charge in [-0.1, -0.05) is 0 Å². The molecular weight excluding hydrogens is 466 g/mol. The number of carbonyl (C=O) groups is 2. The monoisotopic (exact) mass is 497 g/mol. The number of carbonyl (C=O) groups excluding carboxylic acids is 2. The topological polar surface area (TPSA) is 119 Å². The highest BCUT2D eigenvalue weighted by molar-refractivity contribution is 5.99. The van der Waals surface area contributed by atoms with E-state index in [0.29, 0.717) is 55.6 Å². The molecule has 0 radical (unpaired) electrons. The maximum absolute atomic E-state index is 12.8. The fraction of sp³-hybridized carbons (Fsp3) is 0.462. The molecule has 2 saturated heterocycles. The third-order valence-electron chi connectivity index (χ3n) is 6.87. The van der Waals surface area contributed by atoms with Crippen molar-refractivity contribution in [2.75, 3.05) is 50.7 Å². The van der Waals surface area contributed by atoms with Crippen LogP contribution in [-0.4, -0.2) is 80.3 Å². The van der Waals surface area contributed by atoms with Crippen molar-refractivity contribution in [3.8, 4) is 11.5 Å². The van der Waals surface area contributed by atoms with Crippen LogP contribution in [0.4, 0.5) is 16.2 Å². The first kappa shape index (κ1) is 24.4. The van der Waals surface area contributed by atoms with E-state index in [2.05, 4.69) is 10.6 Å². The van der Waals surface area contributed by atoms with E-state index < -0.39 is 6.10 Å². The van der Waals surface area contributed by atoms with E-state index in [-0.39, 0.29) is 43.1 Å². The summed E-state index contributed by atoms with van der Waals surface area (Å²) in [6.45, 7) is 2.06. The molecule has 0 saturated carbocycles. The Bertz CT molecular complexity index is 1090. The summed E-state index contributed by atoms with van der Waals surface area (Å²) in [6.07, 6.45) is -0.372. The molecule has 0 bridgehead atoms. The number of benzene rings is 2. The van der Waals surface area contributed by atoms with Gasteiger partial charge in [-0.25, -0.2) is 4.79 Å². The molecular formula is C26H31N3O7. The molecule has 10 nitrogen and oxygen atoms in total. The van der Waals surface area contributed by atoms with Gasteiger partial charge >= 0.3 is 6.03 Å². The summed E-state index contributed by atoms with van der Waals surface area (Å²) in [5.41, 5.74) is 2.20. The van der Waals surface area contributed by atoms with E-state index in [0.717, 1.165) is 5.56 Å². The van der Waals surface area contributed by atoms with Crippen LogP contribution in [0.2, 0.25) is 0 Å². The van der Waals surface area contributed by atoms with E-state index in [4.69, 9.17) is 18.9 Å². The number of amides is 3. The molecule has 3 N–H and O–H groups in total. The Kier molecular flexibility index (Phi) is 7.26. The molecule has 0 unspecified atom stereocenters. The van der Waals surface area contributed by atoms with Crippen LogP contribution < -0.4 is 20.1 Å². The summed E-state index contributed by atoms with van der Waals surface area (Å²) in [4.78, 5) is 27.1. The Morgan fingerprint density at radius 2 is 1.81 bits per heavy atom. The number of rotatable bonds is 6. The zero-order valence-electron chi connectivity index (χ0n) is 20.1. The van der Waals surface area contributed by atoms with Crippen LogP contribution in [0.1, 0.15) is 24.3 Å². The van der Waals surface area contributed by atoms with Crippen LogP contribution in [0.3, 0.4) is 0 Å². The Morgan fingerprint density at radius 1 is 1.08 bits per heavy atom. The lowest BCUT2D eigenvalue weighted by Gasteiger charge is -2.38. The number of urea groups is 1. The van der Waals surface area contributed by atoms with Gasteiger partial charge in [0.25, 0.3) is 0 Å². The van der Waals surface area contributed by atoms with E-state index in [1.165, 1.54) is 0 Å². The number of hydrogen-bond acceptors (Lipinski definition) is 7. The number of nitrogens with one attached hydrogen (secondary N) is 2. The highest BCUT2D eigenvalue weighted by atomic mass is 16.6. The number of aliphatic hydroxyl groups is 1. The van der Waals surface area contributed by atoms with Crippen LogP contribution >= 0.6 is 0 Å². The SMILES string of the molecule is COc1ccc(NC(=O)Nc2ccc3c(c2)[C@H]2C[C@@H](CC(=O)N4CCOCC4)O[C@H](CO)[C@H]2O3)cc1. The second-order valence-corrected chi connectivity index (χ2v) is 9.16. The fourth-order valence-corrected chi connectivity index (χ4v) is 5.07. The lowest BCUT2D eigenvalue weighted by Crippen LogP contribution is -2.48. The molecule has 0 aliphatic carbocycles. The highest BCUT2D eigenvalue weighted by Crippen LogP contribution is 2.47. The summed E-state index contributed by atoms with van der Waals surface area (Å²) in [7, 11) is 1.59. The predicted octanol–water partition coefficient (Wildman–Crippen LogP) is 2.58. The quantitative estimate of drug-likeness (QED) is 0.561. The summed E-state index contributed by atoms with van der Waals surface area (Å²) >= 11 is 0. The molecule has 4 atom stereocenters. The van der Waals surface area contributed by atoms with Gasteiger partial charge in [0.1, 0.15) is 23.7 Å². The van der Waals surface area contributed by atoms with E-state index in [1.807, 2.05) is 12.1 Å². The molecule has 2 aromatic carbocycles. The lowest BCUT2D eigenvalue weighted by molar-refractivity contribution is -0.151. The van der Waals surface area contributed by atoms with Crippen molar-refractivity contribution < 1.29 is 33.6 Å². The molecule has 2 fully saturated rings. The largest absolute Gasteiger partial charge is 0.497 e. The molecule has 3 amide bonds. The molecule has 2 aromatic rings. The van der Waals surface area contributed by atoms with E-state index in [9.17, 15) is 14.7 Å². The van der Waals surface area contributed by atoms with Gasteiger partial charge in [-0.3, -0.25) is 4.79 Å². The average molecular weight is 498 g/mol. The van der Waals surface area contributed by atoms with Crippen molar-refractivity contribution in [3.63, 3.8) is 0 Å². The van der Waals surface area contributed by atoms with E-state index in [1.54, 1.807) is 42.3 Å². The first-order valence-corrected chi connectivity index (χ1v) is 12.2. The van der Waals surface area contributed by atoms with Gasteiger partial charge in [0.05, 0.1) is 39.5 Å². The summed E-state index contributed by atoms with van der Waals surface area (Å²) in [5, 5.41) is 15.6. The molecule has 5 rings (SSSR count). The molecule has 192 valence electrons. The van der Waals surface area contributed by atoms with Gasteiger partial charge in [-0.2, -0.15) is 0 Å². The minimum Gasteiger partial charge on any atom is -0.497 e. The Labute approximate surface area is 209 Å². The highest BCUT2D eigenvalue weighted by Gasteiger charge is 2.46. The van der Waals surface area contributed by atoms with Crippen molar-refractivity contribution in [3.05, 3.63) is 48.0 Å². The minimum absolute atomic E-state index is 0.0307. The third kappa shape index (κ3) is 5.25. The number of methoxy groups -OCH3 is 1. The number of fused-ring (bicyclic) bond motifs is 3. The molecule has 3 heterocycles. The van der Waals surface area contributed by atoms with Crippen molar-refractivity contribution in [1.29, 1.82) is 0 Å². The molecule has 0 aromatic heterocycles. The Morgan fingerprint density at radius 3 is 2.53 bits per heavy atom. The van der Waals surface area contributed by atoms with Crippen molar-refractivity contribution >= 4 is 23.3 Å². The van der Waals surface area contributed by atoms with Crippen LogP contribution in [0.5, 0.6) is 11.5 Å². The Hall–Kier alpha value is -3.34. The summed E-state index contributed by atoms with van der Waals surface area (Å²) < 4.78 is 22.7. The second-order valence-electron chi connectivity index (χ2n) is 9.16. The number of anilines is 2. The van der Waals surface area contributed by atoms with Crippen LogP contribution in [0, 0.1) is 0 Å². The Balaban J connectivity index is 1.26. The van der Waals surface area contributed by atoms with Gasteiger partial charge in [0.15, 0.2) is 0 Å². The van der Waals surface area contributed by atoms with Gasteiger partial charge in [0.2, 0.25) is 5.91 Å². The number of hydrogen-bond donors (Lipinski definition) is 3. The predicted molar refractivity (Wildman–Crippen MR) is 132 cm³/mol. The van der Waals surface area contributed by atoms with Crippen LogP contribution in [0.15, 0.2) is 42.5 Å². The van der Waals surface area contributed by atoms with Gasteiger partial charge in [-0.05, 0) is 48.9 Å². The standard InChI is InChI=1S/C26H31N3O7/c1-33-18-5-2-16(3-6-18)27-26(32)28-17-4-7-22-20(12-17)21-13-19(35-23(15-30)25(21)36-22)14-24(31)29-8-10-34-11-9-29/h2-7,12,19,21,23,25,30H,8-11,13-15H2,1H3,(H2,27,28,32)/t19-,21+,23+,25-/m0/s1. The number of aliphatic hydroxyl groups excluding tert-OH is 1. The van der Waals surface area contributed by atoms with Crippen molar-refractivity contribution in [1.82, 2.24) is 4.90 Å². The summed E-state index contributed by atoms with van der Waals surface area (Å²) in [5.74, 6) is 1.38. The van der Waals surface area contributed by atoms with Gasteiger partial charge < -0.3 is 39.6 Å². The molecule has 36 heavy (non-hydrogen) atoms. The number of nitrogens with zero attached hydrogens (tertiary/aromatic N) is 1. The normalized spacial score (nSPS) is 24.8. The van der Waals surface area contributed by atoms with Crippen molar-refractivity contribution in [2.45, 2.75) is 37.1 Å². The van der Waals surface area contributed by atoms with Crippen LogP contribution in [0.25, 0.3) is 0 Å². The molecule has 0 spiro atoms. The van der Waals surface area contributed by atoms with Crippen molar-refractivity contribution in [2.24, 2.45) is 0 Å². The number of morpholine rings is 1. The number of ether oxygens (including phenoxy) is 4. The third-order valence-corrected chi connectivity index (χ3v) is 6.87.